The van der Waals surface area contributed by atoms with Crippen LogP contribution in [0.15, 0.2) is 66.7 Å². The number of fused-ring (bicyclic) bond motifs is 1. The highest BCUT2D eigenvalue weighted by Crippen LogP contribution is 2.42. The first-order valence-corrected chi connectivity index (χ1v) is 8.37. The molecule has 0 aliphatic rings. The van der Waals surface area contributed by atoms with E-state index in [-0.39, 0.29) is 11.4 Å². The highest BCUT2D eigenvalue weighted by atomic mass is 19.4. The first-order valence-electron chi connectivity index (χ1n) is 8.37. The van der Waals surface area contributed by atoms with Crippen LogP contribution in [0.3, 0.4) is 0 Å². The Bertz CT molecular complexity index is 1120. The lowest BCUT2D eigenvalue weighted by molar-refractivity contribution is -0.140. The largest absolute Gasteiger partial charge is 0.435 e. The van der Waals surface area contributed by atoms with E-state index >= 15 is 0 Å². The quantitative estimate of drug-likeness (QED) is 0.501. The molecule has 2 N–H and O–H groups in total. The summed E-state index contributed by atoms with van der Waals surface area (Å²) in [5.74, 6) is -0.0393. The smallest absolute Gasteiger partial charge is 0.383 e. The summed E-state index contributed by atoms with van der Waals surface area (Å²) in [5, 5.41) is 5.36. The lowest BCUT2D eigenvalue weighted by atomic mass is 9.97. The molecule has 1 heterocycles. The molecule has 27 heavy (non-hydrogen) atoms. The Hall–Kier alpha value is -3.28. The number of aryl methyl sites for hydroxylation is 1. The summed E-state index contributed by atoms with van der Waals surface area (Å²) in [6, 6.07) is 19.5. The highest BCUT2D eigenvalue weighted by molar-refractivity contribution is 5.99. The maximum Gasteiger partial charge on any atom is 0.435 e. The Morgan fingerprint density at radius 2 is 1.56 bits per heavy atom. The van der Waals surface area contributed by atoms with Crippen molar-refractivity contribution in [2.24, 2.45) is 0 Å². The van der Waals surface area contributed by atoms with Crippen molar-refractivity contribution in [3.63, 3.8) is 0 Å². The van der Waals surface area contributed by atoms with Gasteiger partial charge in [0.05, 0.1) is 11.3 Å². The summed E-state index contributed by atoms with van der Waals surface area (Å²) >= 11 is 0. The third-order valence-electron chi connectivity index (χ3n) is 4.53. The molecular formula is C21H16F3N3. The summed E-state index contributed by atoms with van der Waals surface area (Å²) < 4.78 is 42.5. The second kappa shape index (κ2) is 6.16. The number of hydrogen-bond donors (Lipinski definition) is 1. The van der Waals surface area contributed by atoms with E-state index in [1.165, 1.54) is 0 Å². The van der Waals surface area contributed by atoms with Crippen LogP contribution < -0.4 is 5.73 Å². The molecule has 0 spiro atoms. The van der Waals surface area contributed by atoms with Crippen molar-refractivity contribution < 1.29 is 13.2 Å². The van der Waals surface area contributed by atoms with Crippen LogP contribution in [0, 0.1) is 6.92 Å². The van der Waals surface area contributed by atoms with E-state index in [2.05, 4.69) is 5.10 Å². The fourth-order valence-electron chi connectivity index (χ4n) is 3.22. The van der Waals surface area contributed by atoms with Gasteiger partial charge in [-0.05, 0) is 35.4 Å². The molecular weight excluding hydrogens is 351 g/mol. The molecule has 1 aromatic heterocycles. The summed E-state index contributed by atoms with van der Waals surface area (Å²) in [6.07, 6.45) is -4.63. The number of rotatable bonds is 2. The third kappa shape index (κ3) is 2.93. The summed E-state index contributed by atoms with van der Waals surface area (Å²) in [6.45, 7) is 1.90. The Morgan fingerprint density at radius 3 is 2.26 bits per heavy atom. The molecule has 0 aliphatic carbocycles. The predicted molar refractivity (Wildman–Crippen MR) is 101 cm³/mol. The number of nitrogens with two attached hydrogens (primary N) is 1. The standard InChI is InChI=1S/C21H16F3N3/c1-13-9-11-15(12-10-13)27-20(25)18(19(26-27)21(22,23)24)17-8-4-6-14-5-2-3-7-16(14)17/h2-12H,25H2,1H3. The maximum atomic E-state index is 13.8. The van der Waals surface area contributed by atoms with E-state index in [9.17, 15) is 13.2 Å². The number of nitrogens with zero attached hydrogens (tertiary/aromatic N) is 2. The van der Waals surface area contributed by atoms with Crippen LogP contribution in [0.1, 0.15) is 11.3 Å². The van der Waals surface area contributed by atoms with Gasteiger partial charge in [-0.3, -0.25) is 0 Å². The zero-order chi connectivity index (χ0) is 19.2. The average molecular weight is 367 g/mol. The monoisotopic (exact) mass is 367 g/mol. The Labute approximate surface area is 153 Å². The molecule has 0 fully saturated rings. The van der Waals surface area contributed by atoms with Gasteiger partial charge in [-0.15, -0.1) is 0 Å². The molecule has 0 saturated heterocycles. The van der Waals surface area contributed by atoms with E-state index in [4.69, 9.17) is 5.73 Å². The molecule has 0 saturated carbocycles. The summed E-state index contributed by atoms with van der Waals surface area (Å²) in [5.41, 5.74) is 7.00. The third-order valence-corrected chi connectivity index (χ3v) is 4.53. The first kappa shape index (κ1) is 17.1. The van der Waals surface area contributed by atoms with Crippen molar-refractivity contribution in [1.82, 2.24) is 9.78 Å². The van der Waals surface area contributed by atoms with E-state index in [1.807, 2.05) is 25.1 Å². The van der Waals surface area contributed by atoms with E-state index < -0.39 is 11.9 Å². The Balaban J connectivity index is 2.03. The summed E-state index contributed by atoms with van der Waals surface area (Å²) in [4.78, 5) is 0. The molecule has 0 bridgehead atoms. The number of benzene rings is 3. The van der Waals surface area contributed by atoms with Gasteiger partial charge >= 0.3 is 6.18 Å². The second-order valence-corrected chi connectivity index (χ2v) is 6.38. The van der Waals surface area contributed by atoms with Gasteiger partial charge in [-0.1, -0.05) is 60.2 Å². The Morgan fingerprint density at radius 1 is 0.889 bits per heavy atom. The topological polar surface area (TPSA) is 43.8 Å². The molecule has 0 aliphatic heterocycles. The lowest BCUT2D eigenvalue weighted by Crippen LogP contribution is -2.08. The van der Waals surface area contributed by atoms with Gasteiger partial charge in [0.1, 0.15) is 5.82 Å². The molecule has 4 aromatic rings. The molecule has 6 heteroatoms. The normalized spacial score (nSPS) is 11.9. The van der Waals surface area contributed by atoms with Crippen molar-refractivity contribution in [3.05, 3.63) is 78.0 Å². The average Bonchev–Trinajstić information content (AvgIpc) is 2.99. The van der Waals surface area contributed by atoms with Crippen molar-refractivity contribution in [3.8, 4) is 16.8 Å². The van der Waals surface area contributed by atoms with Crippen LogP contribution >= 0.6 is 0 Å². The lowest BCUT2D eigenvalue weighted by Gasteiger charge is -2.10. The van der Waals surface area contributed by atoms with E-state index in [0.29, 0.717) is 16.6 Å². The first-order chi connectivity index (χ1) is 12.9. The van der Waals surface area contributed by atoms with Crippen molar-refractivity contribution >= 4 is 16.6 Å². The van der Waals surface area contributed by atoms with Crippen LogP contribution in [0.2, 0.25) is 0 Å². The molecule has 3 nitrogen and oxygen atoms in total. The van der Waals surface area contributed by atoms with Crippen LogP contribution in [-0.2, 0) is 6.18 Å². The van der Waals surface area contributed by atoms with Crippen LogP contribution in [0.4, 0.5) is 19.0 Å². The summed E-state index contributed by atoms with van der Waals surface area (Å²) in [7, 11) is 0. The molecule has 0 radical (unpaired) electrons. The molecule has 136 valence electrons. The van der Waals surface area contributed by atoms with Gasteiger partial charge in [-0.2, -0.15) is 18.3 Å². The van der Waals surface area contributed by atoms with Crippen molar-refractivity contribution in [2.45, 2.75) is 13.1 Å². The molecule has 3 aromatic carbocycles. The molecule has 0 unspecified atom stereocenters. The van der Waals surface area contributed by atoms with Gasteiger partial charge in [0.15, 0.2) is 5.69 Å². The number of alkyl halides is 3. The van der Waals surface area contributed by atoms with Gasteiger partial charge in [-0.25, -0.2) is 4.68 Å². The zero-order valence-electron chi connectivity index (χ0n) is 14.5. The van der Waals surface area contributed by atoms with Crippen molar-refractivity contribution in [2.75, 3.05) is 5.73 Å². The highest BCUT2D eigenvalue weighted by Gasteiger charge is 2.39. The number of aromatic nitrogens is 2. The second-order valence-electron chi connectivity index (χ2n) is 6.38. The minimum atomic E-state index is -4.63. The maximum absolute atomic E-state index is 13.8. The number of halogens is 3. The number of hydrogen-bond acceptors (Lipinski definition) is 2. The molecule has 0 amide bonds. The predicted octanol–water partition coefficient (Wildman–Crippen LogP) is 5.60. The van der Waals surface area contributed by atoms with E-state index in [1.54, 1.807) is 48.5 Å². The fourth-order valence-corrected chi connectivity index (χ4v) is 3.22. The minimum absolute atomic E-state index is 0.0393. The van der Waals surface area contributed by atoms with Crippen molar-refractivity contribution in [1.29, 1.82) is 0 Å². The van der Waals surface area contributed by atoms with Crippen LogP contribution in [-0.4, -0.2) is 9.78 Å². The number of nitrogen functional groups attached to an aromatic ring is 1. The number of anilines is 1. The fraction of sp³-hybridized carbons (Fsp3) is 0.0952. The minimum Gasteiger partial charge on any atom is -0.383 e. The SMILES string of the molecule is Cc1ccc(-n2nc(C(F)(F)F)c(-c3cccc4ccccc34)c2N)cc1. The van der Waals surface area contributed by atoms with Crippen LogP contribution in [0.25, 0.3) is 27.6 Å². The van der Waals surface area contributed by atoms with Gasteiger partial charge in [0.25, 0.3) is 0 Å². The molecule has 0 atom stereocenters. The molecule has 4 rings (SSSR count). The van der Waals surface area contributed by atoms with Crippen LogP contribution in [0.5, 0.6) is 0 Å². The van der Waals surface area contributed by atoms with Gasteiger partial charge < -0.3 is 5.73 Å². The Kier molecular flexibility index (Phi) is 3.91. The van der Waals surface area contributed by atoms with Gasteiger partial charge in [0.2, 0.25) is 0 Å². The zero-order valence-corrected chi connectivity index (χ0v) is 14.5. The van der Waals surface area contributed by atoms with Gasteiger partial charge in [0, 0.05) is 0 Å². The van der Waals surface area contributed by atoms with E-state index in [0.717, 1.165) is 15.6 Å².